The van der Waals surface area contributed by atoms with Gasteiger partial charge in [0.1, 0.15) is 5.75 Å². The van der Waals surface area contributed by atoms with Gasteiger partial charge < -0.3 is 18.8 Å². The third-order valence-electron chi connectivity index (χ3n) is 3.54. The molecule has 9 nitrogen and oxygen atoms in total. The highest BCUT2D eigenvalue weighted by Crippen LogP contribution is 2.21. The Morgan fingerprint density at radius 1 is 1.32 bits per heavy atom. The molecule has 3 heterocycles. The van der Waals surface area contributed by atoms with Crippen LogP contribution in [-0.2, 0) is 16.1 Å². The maximum atomic E-state index is 11.1. The first-order chi connectivity index (χ1) is 12.1. The molecule has 0 unspecified atom stereocenters. The second-order valence-corrected chi connectivity index (χ2v) is 6.38. The van der Waals surface area contributed by atoms with E-state index >= 15 is 0 Å². The Balaban J connectivity index is 1.58. The number of methoxy groups -OCH3 is 1. The van der Waals surface area contributed by atoms with E-state index in [4.69, 9.17) is 9.15 Å². The van der Waals surface area contributed by atoms with E-state index in [0.29, 0.717) is 22.9 Å². The van der Waals surface area contributed by atoms with Gasteiger partial charge in [0, 0.05) is 24.8 Å². The molecule has 0 N–H and O–H groups in total. The smallest absolute Gasteiger partial charge is 0.316 e. The summed E-state index contributed by atoms with van der Waals surface area (Å²) in [5.74, 6) is 1.23. The molecule has 0 spiro atoms. The predicted molar refractivity (Wildman–Crippen MR) is 89.6 cm³/mol. The average molecular weight is 365 g/mol. The summed E-state index contributed by atoms with van der Waals surface area (Å²) in [6, 6.07) is 1.77. The van der Waals surface area contributed by atoms with Crippen LogP contribution in [0.25, 0.3) is 0 Å². The van der Waals surface area contributed by atoms with Gasteiger partial charge in [-0.25, -0.2) is 4.98 Å². The Hall–Kier alpha value is -2.36. The van der Waals surface area contributed by atoms with Crippen LogP contribution in [0.4, 0.5) is 5.95 Å². The Morgan fingerprint density at radius 3 is 2.88 bits per heavy atom. The topological polar surface area (TPSA) is 103 Å². The standard InChI is InChI=1S/C15H19N5O4S/c1-10-7-11(17-14(16-10)20-5-3-4-6-20)23-8-12-18-19-15(24-12)25-9-13(21)22-2/h7H,3-6,8-9H2,1-2H3. The van der Waals surface area contributed by atoms with Crippen molar-refractivity contribution in [3.05, 3.63) is 17.7 Å². The van der Waals surface area contributed by atoms with Crippen molar-refractivity contribution in [2.45, 2.75) is 31.6 Å². The van der Waals surface area contributed by atoms with Gasteiger partial charge in [-0.1, -0.05) is 11.8 Å². The Morgan fingerprint density at radius 2 is 2.12 bits per heavy atom. The molecule has 1 aliphatic rings. The molecule has 0 atom stereocenters. The maximum absolute atomic E-state index is 11.1. The first kappa shape index (κ1) is 17.5. The first-order valence-electron chi connectivity index (χ1n) is 7.89. The molecular formula is C15H19N5O4S. The second kappa shape index (κ2) is 8.15. The number of rotatable bonds is 7. The lowest BCUT2D eigenvalue weighted by Gasteiger charge is -2.16. The molecular weight excluding hydrogens is 346 g/mol. The summed E-state index contributed by atoms with van der Waals surface area (Å²) in [4.78, 5) is 22.2. The number of nitrogens with zero attached hydrogens (tertiary/aromatic N) is 5. The number of carbonyl (C=O) groups is 1. The highest BCUT2D eigenvalue weighted by atomic mass is 32.2. The van der Waals surface area contributed by atoms with Crippen molar-refractivity contribution in [2.24, 2.45) is 0 Å². The van der Waals surface area contributed by atoms with Crippen LogP contribution in [0.15, 0.2) is 15.7 Å². The van der Waals surface area contributed by atoms with E-state index in [1.165, 1.54) is 7.11 Å². The van der Waals surface area contributed by atoms with E-state index in [1.807, 2.05) is 6.92 Å². The number of anilines is 1. The maximum Gasteiger partial charge on any atom is 0.316 e. The molecule has 0 radical (unpaired) electrons. The van der Waals surface area contributed by atoms with Gasteiger partial charge in [0.05, 0.1) is 7.11 Å². The third-order valence-corrected chi connectivity index (χ3v) is 4.33. The molecule has 0 aliphatic carbocycles. The molecule has 1 aliphatic heterocycles. The van der Waals surface area contributed by atoms with E-state index < -0.39 is 0 Å². The van der Waals surface area contributed by atoms with Crippen LogP contribution in [-0.4, -0.2) is 52.1 Å². The minimum atomic E-state index is -0.355. The van der Waals surface area contributed by atoms with E-state index in [-0.39, 0.29) is 18.3 Å². The molecule has 1 fully saturated rings. The van der Waals surface area contributed by atoms with Gasteiger partial charge in [-0.3, -0.25) is 4.79 Å². The van der Waals surface area contributed by atoms with E-state index in [2.05, 4.69) is 29.8 Å². The molecule has 0 amide bonds. The highest BCUT2D eigenvalue weighted by Gasteiger charge is 2.17. The summed E-state index contributed by atoms with van der Waals surface area (Å²) in [5.41, 5.74) is 0.840. The zero-order chi connectivity index (χ0) is 17.6. The molecule has 134 valence electrons. The minimum Gasteiger partial charge on any atom is -0.468 e. The molecule has 0 aromatic carbocycles. The van der Waals surface area contributed by atoms with E-state index in [1.54, 1.807) is 6.07 Å². The van der Waals surface area contributed by atoms with Gasteiger partial charge in [-0.2, -0.15) is 4.98 Å². The number of esters is 1. The van der Waals surface area contributed by atoms with Gasteiger partial charge in [-0.05, 0) is 19.8 Å². The lowest BCUT2D eigenvalue weighted by molar-refractivity contribution is -0.137. The van der Waals surface area contributed by atoms with Crippen LogP contribution < -0.4 is 9.64 Å². The van der Waals surface area contributed by atoms with Gasteiger partial charge in [-0.15, -0.1) is 10.2 Å². The van der Waals surface area contributed by atoms with Gasteiger partial charge in [0.2, 0.25) is 11.8 Å². The lowest BCUT2D eigenvalue weighted by Crippen LogP contribution is -2.21. The number of carbonyl (C=O) groups excluding carboxylic acids is 1. The number of aromatic nitrogens is 4. The van der Waals surface area contributed by atoms with Crippen molar-refractivity contribution in [1.29, 1.82) is 0 Å². The van der Waals surface area contributed by atoms with Crippen molar-refractivity contribution in [1.82, 2.24) is 20.2 Å². The monoisotopic (exact) mass is 365 g/mol. The zero-order valence-corrected chi connectivity index (χ0v) is 14.9. The van der Waals surface area contributed by atoms with Gasteiger partial charge >= 0.3 is 5.97 Å². The average Bonchev–Trinajstić information content (AvgIpc) is 3.29. The SMILES string of the molecule is COC(=O)CSc1nnc(COc2cc(C)nc(N3CCCC3)n2)o1. The summed E-state index contributed by atoms with van der Waals surface area (Å²) in [5, 5.41) is 8.03. The molecule has 25 heavy (non-hydrogen) atoms. The van der Waals surface area contributed by atoms with Crippen molar-refractivity contribution < 1.29 is 18.7 Å². The normalized spacial score (nSPS) is 13.9. The predicted octanol–water partition coefficient (Wildman–Crippen LogP) is 1.61. The largest absolute Gasteiger partial charge is 0.468 e. The molecule has 1 saturated heterocycles. The molecule has 2 aromatic rings. The Bertz CT molecular complexity index is 732. The third kappa shape index (κ3) is 4.81. The van der Waals surface area contributed by atoms with Gasteiger partial charge in [0.25, 0.3) is 11.1 Å². The lowest BCUT2D eigenvalue weighted by atomic mass is 10.4. The van der Waals surface area contributed by atoms with Crippen LogP contribution in [0, 0.1) is 6.92 Å². The van der Waals surface area contributed by atoms with Crippen molar-refractivity contribution in [2.75, 3.05) is 30.9 Å². The van der Waals surface area contributed by atoms with Crippen molar-refractivity contribution >= 4 is 23.7 Å². The number of aryl methyl sites for hydroxylation is 1. The minimum absolute atomic E-state index is 0.0989. The molecule has 0 bridgehead atoms. The summed E-state index contributed by atoms with van der Waals surface area (Å²) >= 11 is 1.11. The number of hydrogen-bond acceptors (Lipinski definition) is 10. The summed E-state index contributed by atoms with van der Waals surface area (Å²) in [6.07, 6.45) is 2.31. The van der Waals surface area contributed by atoms with E-state index in [0.717, 1.165) is 43.4 Å². The zero-order valence-electron chi connectivity index (χ0n) is 14.1. The van der Waals surface area contributed by atoms with Crippen LogP contribution in [0.2, 0.25) is 0 Å². The molecule has 10 heteroatoms. The quantitative estimate of drug-likeness (QED) is 0.531. The van der Waals surface area contributed by atoms with Crippen LogP contribution in [0.3, 0.4) is 0 Å². The number of hydrogen-bond donors (Lipinski definition) is 0. The first-order valence-corrected chi connectivity index (χ1v) is 8.88. The van der Waals surface area contributed by atoms with Crippen LogP contribution in [0.5, 0.6) is 5.88 Å². The highest BCUT2D eigenvalue weighted by molar-refractivity contribution is 7.99. The molecule has 3 rings (SSSR count). The fourth-order valence-corrected chi connectivity index (χ4v) is 2.94. The summed E-state index contributed by atoms with van der Waals surface area (Å²) in [7, 11) is 1.33. The van der Waals surface area contributed by atoms with Gasteiger partial charge in [0.15, 0.2) is 6.61 Å². The van der Waals surface area contributed by atoms with Crippen molar-refractivity contribution in [3.63, 3.8) is 0 Å². The summed E-state index contributed by atoms with van der Waals surface area (Å²) in [6.45, 7) is 3.94. The Kier molecular flexibility index (Phi) is 5.69. The second-order valence-electron chi connectivity index (χ2n) is 5.46. The molecule has 0 saturated carbocycles. The number of thioether (sulfide) groups is 1. The van der Waals surface area contributed by atoms with E-state index in [9.17, 15) is 4.79 Å². The number of ether oxygens (including phenoxy) is 2. The van der Waals surface area contributed by atoms with Crippen LogP contribution in [0.1, 0.15) is 24.4 Å². The fraction of sp³-hybridized carbons (Fsp3) is 0.533. The summed E-state index contributed by atoms with van der Waals surface area (Å²) < 4.78 is 15.6. The fourth-order valence-electron chi connectivity index (χ4n) is 2.33. The van der Waals surface area contributed by atoms with Crippen LogP contribution >= 0.6 is 11.8 Å². The Labute approximate surface area is 149 Å². The van der Waals surface area contributed by atoms with Crippen molar-refractivity contribution in [3.8, 4) is 5.88 Å². The molecule has 2 aromatic heterocycles.